The second-order valence-electron chi connectivity index (χ2n) is 3.29. The van der Waals surface area contributed by atoms with Crippen molar-refractivity contribution in [3.8, 4) is 5.75 Å². The molecule has 0 aromatic heterocycles. The fourth-order valence-corrected chi connectivity index (χ4v) is 1.25. The Morgan fingerprint density at radius 1 is 1.19 bits per heavy atom. The zero-order valence-corrected chi connectivity index (χ0v) is 9.13. The molecule has 0 unspecified atom stereocenters. The lowest BCUT2D eigenvalue weighted by Gasteiger charge is -2.09. The van der Waals surface area contributed by atoms with Gasteiger partial charge in [0.25, 0.3) is 0 Å². The summed E-state index contributed by atoms with van der Waals surface area (Å²) in [7, 11) is 1.55. The molecule has 1 aromatic rings. The summed E-state index contributed by atoms with van der Waals surface area (Å²) in [5.74, 6) is -1.80. The maximum Gasteiger partial charge on any atom is 0.190 e. The Hall–Kier alpha value is -1.20. The Bertz CT molecular complexity index is 322. The predicted molar refractivity (Wildman–Crippen MR) is 56.2 cm³/mol. The molecule has 1 aromatic carbocycles. The molecule has 0 saturated heterocycles. The third-order valence-corrected chi connectivity index (χ3v) is 2.03. The topological polar surface area (TPSA) is 44.5 Å². The maximum absolute atomic E-state index is 13.4. The molecule has 0 atom stereocenters. The first kappa shape index (κ1) is 12.9. The van der Waals surface area contributed by atoms with Crippen LogP contribution in [0, 0.1) is 11.6 Å². The molecule has 2 N–H and O–H groups in total. The lowest BCUT2D eigenvalue weighted by Crippen LogP contribution is -2.06. The Kier molecular flexibility index (Phi) is 5.14. The van der Waals surface area contributed by atoms with E-state index in [2.05, 4.69) is 0 Å². The van der Waals surface area contributed by atoms with Crippen LogP contribution in [0.5, 0.6) is 5.75 Å². The van der Waals surface area contributed by atoms with Gasteiger partial charge >= 0.3 is 0 Å². The van der Waals surface area contributed by atoms with E-state index in [1.165, 1.54) is 12.1 Å². The van der Waals surface area contributed by atoms with Crippen LogP contribution in [0.3, 0.4) is 0 Å². The van der Waals surface area contributed by atoms with E-state index in [0.717, 1.165) is 0 Å². The normalized spacial score (nSPS) is 10.5. The smallest absolute Gasteiger partial charge is 0.190 e. The first-order chi connectivity index (χ1) is 7.69. The zero-order chi connectivity index (χ0) is 12.0. The molecule has 0 radical (unpaired) electrons. The molecule has 90 valence electrons. The van der Waals surface area contributed by atoms with Gasteiger partial charge in [-0.25, -0.2) is 8.78 Å². The molecule has 5 heteroatoms. The van der Waals surface area contributed by atoms with Crippen molar-refractivity contribution in [2.45, 2.75) is 13.0 Å². The largest absolute Gasteiger partial charge is 0.488 e. The first-order valence-corrected chi connectivity index (χ1v) is 4.98. The number of methoxy groups -OCH3 is 1. The Morgan fingerprint density at radius 2 is 1.81 bits per heavy atom. The molecule has 0 amide bonds. The third-order valence-electron chi connectivity index (χ3n) is 2.03. The predicted octanol–water partition coefficient (Wildman–Crippen LogP) is 1.84. The van der Waals surface area contributed by atoms with Crippen LogP contribution in [0.1, 0.15) is 12.0 Å². The maximum atomic E-state index is 13.4. The number of halogens is 2. The standard InChI is InChI=1S/C11H15F2NO2/c1-15-3-2-4-16-11-9(12)5-8(7-14)6-10(11)13/h5-6H,2-4,7,14H2,1H3. The molecule has 0 fully saturated rings. The van der Waals surface area contributed by atoms with E-state index >= 15 is 0 Å². The van der Waals surface area contributed by atoms with Gasteiger partial charge in [-0.3, -0.25) is 0 Å². The van der Waals surface area contributed by atoms with Crippen molar-refractivity contribution >= 4 is 0 Å². The van der Waals surface area contributed by atoms with Crippen molar-refractivity contribution < 1.29 is 18.3 Å². The van der Waals surface area contributed by atoms with E-state index in [1.807, 2.05) is 0 Å². The molecule has 0 bridgehead atoms. The van der Waals surface area contributed by atoms with Crippen LogP contribution in [0.2, 0.25) is 0 Å². The quantitative estimate of drug-likeness (QED) is 0.760. The van der Waals surface area contributed by atoms with E-state index < -0.39 is 11.6 Å². The van der Waals surface area contributed by atoms with Crippen molar-refractivity contribution in [2.75, 3.05) is 20.3 Å². The highest BCUT2D eigenvalue weighted by atomic mass is 19.1. The van der Waals surface area contributed by atoms with Crippen molar-refractivity contribution in [3.05, 3.63) is 29.3 Å². The van der Waals surface area contributed by atoms with Crippen LogP contribution in [-0.4, -0.2) is 20.3 Å². The number of hydrogen-bond donors (Lipinski definition) is 1. The van der Waals surface area contributed by atoms with Gasteiger partial charge in [0.05, 0.1) is 6.61 Å². The lowest BCUT2D eigenvalue weighted by atomic mass is 10.2. The summed E-state index contributed by atoms with van der Waals surface area (Å²) in [4.78, 5) is 0. The van der Waals surface area contributed by atoms with E-state index in [-0.39, 0.29) is 18.9 Å². The lowest BCUT2D eigenvalue weighted by molar-refractivity contribution is 0.168. The minimum Gasteiger partial charge on any atom is -0.488 e. The van der Waals surface area contributed by atoms with Gasteiger partial charge in [-0.1, -0.05) is 0 Å². The van der Waals surface area contributed by atoms with Gasteiger partial charge < -0.3 is 15.2 Å². The minimum absolute atomic E-state index is 0.0950. The van der Waals surface area contributed by atoms with Gasteiger partial charge in [0.2, 0.25) is 0 Å². The molecule has 16 heavy (non-hydrogen) atoms. The summed E-state index contributed by atoms with van der Waals surface area (Å²) in [5.41, 5.74) is 5.69. The van der Waals surface area contributed by atoms with Crippen LogP contribution < -0.4 is 10.5 Å². The fourth-order valence-electron chi connectivity index (χ4n) is 1.25. The first-order valence-electron chi connectivity index (χ1n) is 4.98. The SMILES string of the molecule is COCCCOc1c(F)cc(CN)cc1F. The zero-order valence-electron chi connectivity index (χ0n) is 9.13. The summed E-state index contributed by atoms with van der Waals surface area (Å²) in [5, 5.41) is 0. The minimum atomic E-state index is -0.724. The highest BCUT2D eigenvalue weighted by Gasteiger charge is 2.11. The molecule has 0 aliphatic heterocycles. The average molecular weight is 231 g/mol. The number of rotatable bonds is 6. The summed E-state index contributed by atoms with van der Waals surface area (Å²) < 4.78 is 36.5. The van der Waals surface area contributed by atoms with Gasteiger partial charge in [-0.15, -0.1) is 0 Å². The molecule has 0 aliphatic rings. The van der Waals surface area contributed by atoms with Crippen molar-refractivity contribution in [3.63, 3.8) is 0 Å². The average Bonchev–Trinajstić information content (AvgIpc) is 2.26. The summed E-state index contributed by atoms with van der Waals surface area (Å²) in [6, 6.07) is 2.35. The summed E-state index contributed by atoms with van der Waals surface area (Å²) >= 11 is 0. The molecular formula is C11H15F2NO2. The second kappa shape index (κ2) is 6.40. The highest BCUT2D eigenvalue weighted by Crippen LogP contribution is 2.23. The van der Waals surface area contributed by atoms with Crippen LogP contribution in [0.15, 0.2) is 12.1 Å². The van der Waals surface area contributed by atoms with Crippen LogP contribution in [-0.2, 0) is 11.3 Å². The van der Waals surface area contributed by atoms with Gasteiger partial charge in [0.1, 0.15) is 0 Å². The van der Waals surface area contributed by atoms with Gasteiger partial charge in [-0.05, 0) is 17.7 Å². The van der Waals surface area contributed by atoms with Crippen molar-refractivity contribution in [1.29, 1.82) is 0 Å². The molecule has 0 heterocycles. The van der Waals surface area contributed by atoms with Crippen molar-refractivity contribution in [1.82, 2.24) is 0 Å². The van der Waals surface area contributed by atoms with Gasteiger partial charge in [0, 0.05) is 26.7 Å². The Balaban J connectivity index is 2.65. The molecular weight excluding hydrogens is 216 g/mol. The molecule has 1 rings (SSSR count). The van der Waals surface area contributed by atoms with Crippen molar-refractivity contribution in [2.24, 2.45) is 5.73 Å². The van der Waals surface area contributed by atoms with E-state index in [1.54, 1.807) is 7.11 Å². The number of benzene rings is 1. The fraction of sp³-hybridized carbons (Fsp3) is 0.455. The van der Waals surface area contributed by atoms with E-state index in [9.17, 15) is 8.78 Å². The van der Waals surface area contributed by atoms with E-state index in [4.69, 9.17) is 15.2 Å². The number of ether oxygens (including phenoxy) is 2. The summed E-state index contributed by atoms with van der Waals surface area (Å²) in [6.07, 6.45) is 0.577. The monoisotopic (exact) mass is 231 g/mol. The van der Waals surface area contributed by atoms with Gasteiger partial charge in [-0.2, -0.15) is 0 Å². The number of nitrogens with two attached hydrogens (primary N) is 1. The van der Waals surface area contributed by atoms with Gasteiger partial charge in [0.15, 0.2) is 17.4 Å². The molecule has 3 nitrogen and oxygen atoms in total. The Morgan fingerprint density at radius 3 is 2.31 bits per heavy atom. The Labute approximate surface area is 93.2 Å². The molecule has 0 aliphatic carbocycles. The van der Waals surface area contributed by atoms with Crippen LogP contribution in [0.4, 0.5) is 8.78 Å². The summed E-state index contributed by atoms with van der Waals surface area (Å²) in [6.45, 7) is 0.797. The number of hydrogen-bond acceptors (Lipinski definition) is 3. The van der Waals surface area contributed by atoms with E-state index in [0.29, 0.717) is 18.6 Å². The highest BCUT2D eigenvalue weighted by molar-refractivity contribution is 5.31. The molecule has 0 spiro atoms. The van der Waals surface area contributed by atoms with Crippen LogP contribution in [0.25, 0.3) is 0 Å². The third kappa shape index (κ3) is 3.43. The molecule has 0 saturated carbocycles. The van der Waals surface area contributed by atoms with Crippen LogP contribution >= 0.6 is 0 Å². The second-order valence-corrected chi connectivity index (χ2v) is 3.29.